The molecule has 1 saturated heterocycles. The molecule has 1 saturated carbocycles. The largest absolute Gasteiger partial charge is 0.507 e. The minimum Gasteiger partial charge on any atom is -0.507 e. The maximum atomic E-state index is 16.6. The maximum Gasteiger partial charge on any atom is 0.265 e. The lowest BCUT2D eigenvalue weighted by Gasteiger charge is -2.55. The van der Waals surface area contributed by atoms with E-state index >= 15 is 14.0 Å². The van der Waals surface area contributed by atoms with Crippen molar-refractivity contribution in [3.63, 3.8) is 0 Å². The molecule has 2 N–H and O–H groups in total. The van der Waals surface area contributed by atoms with Gasteiger partial charge in [-0.15, -0.1) is 0 Å². The molecule has 2 fully saturated rings. The number of benzene rings is 3. The molecule has 0 radical (unpaired) electrons. The summed E-state index contributed by atoms with van der Waals surface area (Å²) < 4.78 is 42.4. The molecule has 5 atom stereocenters. The quantitative estimate of drug-likeness (QED) is 0.112. The standard InChI is InChI=1S/C46H53FN4O8Si/c1-45(2,3)60(7,8)59-46-30(37(50(4)5)40-36(42(46)54)44(49-58-40)57-25-27-17-13-10-14-18-27)22-28-21-29-31(47)23-32(48-43(55)33-19-20-51(33)6)39(35(29)38(52)34(28)41(46)53)56-24-26-15-11-9-12-16-26/h9-18,23,28,30,33,37,52H,19-22,24-25H2,1-8H3,(H,48,55)/t28-,30-,33-,37-,46?/m0/s1. The number of hydrogen-bond donors (Lipinski definition) is 2. The molecule has 3 aliphatic carbocycles. The Kier molecular flexibility index (Phi) is 10.7. The van der Waals surface area contributed by atoms with Crippen molar-refractivity contribution < 1.29 is 42.3 Å². The van der Waals surface area contributed by atoms with Crippen molar-refractivity contribution in [2.45, 2.75) is 89.1 Å². The van der Waals surface area contributed by atoms with Crippen LogP contribution >= 0.6 is 0 Å². The number of aromatic nitrogens is 1. The van der Waals surface area contributed by atoms with Gasteiger partial charge in [0.2, 0.25) is 17.5 Å². The lowest BCUT2D eigenvalue weighted by atomic mass is 9.57. The van der Waals surface area contributed by atoms with Crippen LogP contribution in [0.3, 0.4) is 0 Å². The van der Waals surface area contributed by atoms with Crippen LogP contribution in [0.1, 0.15) is 78.0 Å². The molecule has 1 amide bonds. The summed E-state index contributed by atoms with van der Waals surface area (Å²) in [4.78, 5) is 48.8. The zero-order valence-corrected chi connectivity index (χ0v) is 36.4. The van der Waals surface area contributed by atoms with Crippen LogP contribution in [0.4, 0.5) is 10.1 Å². The van der Waals surface area contributed by atoms with E-state index in [1.54, 1.807) is 0 Å². The van der Waals surface area contributed by atoms with Crippen LogP contribution in [0.2, 0.25) is 18.1 Å². The van der Waals surface area contributed by atoms with Gasteiger partial charge in [-0.1, -0.05) is 81.4 Å². The Bertz CT molecular complexity index is 2380. The van der Waals surface area contributed by atoms with Crippen LogP contribution in [-0.2, 0) is 33.6 Å². The summed E-state index contributed by atoms with van der Waals surface area (Å²) in [6.45, 7) is 10.9. The van der Waals surface area contributed by atoms with Gasteiger partial charge in [0.1, 0.15) is 30.4 Å². The fraction of sp³-hybridized carbons (Fsp3) is 0.435. The fourth-order valence-electron chi connectivity index (χ4n) is 9.00. The Labute approximate surface area is 350 Å². The van der Waals surface area contributed by atoms with Gasteiger partial charge in [-0.25, -0.2) is 4.39 Å². The topological polar surface area (TPSA) is 144 Å². The second-order valence-electron chi connectivity index (χ2n) is 18.3. The van der Waals surface area contributed by atoms with Gasteiger partial charge in [-0.05, 0) is 80.7 Å². The zero-order valence-electron chi connectivity index (χ0n) is 35.4. The predicted molar refractivity (Wildman–Crippen MR) is 226 cm³/mol. The van der Waals surface area contributed by atoms with Crippen LogP contribution in [0.15, 0.2) is 76.8 Å². The number of carbonyl (C=O) groups excluding carboxylic acids is 3. The van der Waals surface area contributed by atoms with E-state index < -0.39 is 66.0 Å². The molecule has 4 aliphatic rings. The number of ketones is 2. The number of fused-ring (bicyclic) bond motifs is 4. The second kappa shape index (κ2) is 15.4. The summed E-state index contributed by atoms with van der Waals surface area (Å²) in [6, 6.07) is 18.9. The van der Waals surface area contributed by atoms with Crippen molar-refractivity contribution >= 4 is 37.2 Å². The number of hydrogen-bond acceptors (Lipinski definition) is 11. The molecule has 8 rings (SSSR count). The van der Waals surface area contributed by atoms with Crippen molar-refractivity contribution in [1.29, 1.82) is 0 Å². The Balaban J connectivity index is 1.30. The van der Waals surface area contributed by atoms with Crippen LogP contribution in [-0.4, -0.2) is 85.2 Å². The number of rotatable bonds is 11. The van der Waals surface area contributed by atoms with E-state index in [4.69, 9.17) is 18.4 Å². The number of halogens is 1. The SMILES string of the molecule is CN(C)[C@@H]1c2onc(OCc3ccccc3)c2C(=O)C2(O[Si](C)(C)C(C)(C)C)C(=O)C3=C(O)c4c(c(F)cc(NC(=O)[C@@H]5CCN5C)c4OCc4ccccc4)C[C@H]3C[C@@H]12. The zero-order chi connectivity index (χ0) is 42.9. The molecule has 2 heterocycles. The van der Waals surface area contributed by atoms with Crippen LogP contribution in [0.5, 0.6) is 11.6 Å². The normalized spacial score (nSPS) is 24.0. The molecule has 12 nitrogen and oxygen atoms in total. The summed E-state index contributed by atoms with van der Waals surface area (Å²) in [7, 11) is 2.51. The first-order chi connectivity index (χ1) is 28.4. The van der Waals surface area contributed by atoms with E-state index in [2.05, 4.69) is 10.5 Å². The monoisotopic (exact) mass is 836 g/mol. The maximum absolute atomic E-state index is 16.6. The number of aliphatic hydroxyl groups is 1. The van der Waals surface area contributed by atoms with E-state index in [1.807, 2.05) is 125 Å². The highest BCUT2D eigenvalue weighted by Crippen LogP contribution is 2.59. The predicted octanol–water partition coefficient (Wildman–Crippen LogP) is 7.90. The average molecular weight is 837 g/mol. The number of amides is 1. The highest BCUT2D eigenvalue weighted by atomic mass is 28.4. The van der Waals surface area contributed by atoms with Gasteiger partial charge in [0.15, 0.2) is 25.4 Å². The number of nitrogens with zero attached hydrogens (tertiary/aromatic N) is 3. The molecule has 60 heavy (non-hydrogen) atoms. The minimum atomic E-state index is -3.00. The summed E-state index contributed by atoms with van der Waals surface area (Å²) in [5.41, 5.74) is -0.379. The molecule has 1 aromatic heterocycles. The van der Waals surface area contributed by atoms with Gasteiger partial charge in [0.25, 0.3) is 5.88 Å². The molecular weight excluding hydrogens is 784 g/mol. The average Bonchev–Trinajstić information content (AvgIpc) is 3.61. The molecule has 3 aromatic carbocycles. The number of aliphatic hydroxyl groups excluding tert-OH is 1. The first kappa shape index (κ1) is 41.6. The summed E-state index contributed by atoms with van der Waals surface area (Å²) in [5.74, 6) is -4.16. The van der Waals surface area contributed by atoms with E-state index in [9.17, 15) is 9.90 Å². The van der Waals surface area contributed by atoms with Crippen LogP contribution in [0.25, 0.3) is 5.76 Å². The lowest BCUT2D eigenvalue weighted by Crippen LogP contribution is -2.68. The van der Waals surface area contributed by atoms with Gasteiger partial charge in [-0.3, -0.25) is 24.2 Å². The number of anilines is 1. The van der Waals surface area contributed by atoms with E-state index in [1.165, 1.54) is 6.07 Å². The van der Waals surface area contributed by atoms with Gasteiger partial charge >= 0.3 is 0 Å². The van der Waals surface area contributed by atoms with Gasteiger partial charge in [0.05, 0.1) is 23.3 Å². The van der Waals surface area contributed by atoms with Gasteiger partial charge in [-0.2, -0.15) is 0 Å². The van der Waals surface area contributed by atoms with Crippen LogP contribution < -0.4 is 14.8 Å². The smallest absolute Gasteiger partial charge is 0.265 e. The lowest BCUT2D eigenvalue weighted by molar-refractivity contribution is -0.140. The van der Waals surface area contributed by atoms with E-state index in [0.717, 1.165) is 17.7 Å². The third-order valence-corrected chi connectivity index (χ3v) is 17.7. The number of nitrogens with one attached hydrogen (secondary N) is 1. The first-order valence-electron chi connectivity index (χ1n) is 20.5. The molecule has 0 bridgehead atoms. The van der Waals surface area contributed by atoms with Crippen molar-refractivity contribution in [3.8, 4) is 11.6 Å². The van der Waals surface area contributed by atoms with Crippen molar-refractivity contribution in [3.05, 3.63) is 112 Å². The number of carbonyl (C=O) groups is 3. The number of likely N-dealkylation sites (tertiary alicyclic amines) is 1. The third-order valence-electron chi connectivity index (χ3n) is 13.3. The van der Waals surface area contributed by atoms with Crippen molar-refractivity contribution in [2.75, 3.05) is 33.0 Å². The first-order valence-corrected chi connectivity index (χ1v) is 23.4. The molecule has 1 unspecified atom stereocenters. The molecule has 1 aliphatic heterocycles. The number of Topliss-reactive ketones (excluding diaryl/α,β-unsaturated/α-hetero) is 2. The number of ether oxygens (including phenoxy) is 2. The Hall–Kier alpha value is -5.15. The van der Waals surface area contributed by atoms with Gasteiger partial charge in [0, 0.05) is 29.7 Å². The summed E-state index contributed by atoms with van der Waals surface area (Å²) in [5, 5.41) is 19.3. The Morgan fingerprint density at radius 3 is 2.22 bits per heavy atom. The second-order valence-corrected chi connectivity index (χ2v) is 23.0. The molecule has 4 aromatic rings. The third kappa shape index (κ3) is 6.87. The van der Waals surface area contributed by atoms with Crippen molar-refractivity contribution in [2.24, 2.45) is 11.8 Å². The minimum absolute atomic E-state index is 0.0172. The molecule has 14 heteroatoms. The summed E-state index contributed by atoms with van der Waals surface area (Å²) in [6.07, 6.45) is 0.817. The highest BCUT2D eigenvalue weighted by molar-refractivity contribution is 6.74. The Morgan fingerprint density at radius 2 is 1.65 bits per heavy atom. The van der Waals surface area contributed by atoms with Gasteiger partial charge < -0.3 is 28.8 Å². The van der Waals surface area contributed by atoms with E-state index in [-0.39, 0.29) is 77.3 Å². The Morgan fingerprint density at radius 1 is 1.02 bits per heavy atom. The van der Waals surface area contributed by atoms with Crippen LogP contribution in [0, 0.1) is 17.7 Å². The fourth-order valence-corrected chi connectivity index (χ4v) is 10.4. The van der Waals surface area contributed by atoms with Crippen molar-refractivity contribution in [1.82, 2.24) is 15.0 Å². The molecular formula is C46H53FN4O8Si. The highest BCUT2D eigenvalue weighted by Gasteiger charge is 2.69. The number of likely N-dealkylation sites (N-methyl/N-ethyl adjacent to an activating group) is 1. The van der Waals surface area contributed by atoms with E-state index in [0.29, 0.717) is 6.42 Å². The molecule has 0 spiro atoms. The molecule has 316 valence electrons. The summed E-state index contributed by atoms with van der Waals surface area (Å²) >= 11 is 0.